The van der Waals surface area contributed by atoms with Gasteiger partial charge in [-0.25, -0.2) is 13.2 Å². The predicted molar refractivity (Wildman–Crippen MR) is 84.3 cm³/mol. The SMILES string of the molecule is CC1COCCN1C(=O)NCCS(=O)(=O)Cc1ccccc1. The van der Waals surface area contributed by atoms with E-state index in [4.69, 9.17) is 4.74 Å². The fourth-order valence-electron chi connectivity index (χ4n) is 2.34. The Kier molecular flexibility index (Phi) is 5.79. The van der Waals surface area contributed by atoms with E-state index in [-0.39, 0.29) is 30.1 Å². The van der Waals surface area contributed by atoms with E-state index in [1.807, 2.05) is 25.1 Å². The van der Waals surface area contributed by atoms with Crippen LogP contribution in [-0.2, 0) is 20.3 Å². The molecule has 1 heterocycles. The van der Waals surface area contributed by atoms with Crippen LogP contribution in [0.5, 0.6) is 0 Å². The van der Waals surface area contributed by atoms with Gasteiger partial charge >= 0.3 is 6.03 Å². The van der Waals surface area contributed by atoms with Crippen molar-refractivity contribution < 1.29 is 17.9 Å². The summed E-state index contributed by atoms with van der Waals surface area (Å²) in [5, 5.41) is 2.68. The van der Waals surface area contributed by atoms with Crippen LogP contribution < -0.4 is 5.32 Å². The number of amides is 2. The number of nitrogens with one attached hydrogen (secondary N) is 1. The molecule has 0 aliphatic carbocycles. The fourth-order valence-corrected chi connectivity index (χ4v) is 3.60. The number of benzene rings is 1. The molecule has 0 spiro atoms. The molecule has 1 N–H and O–H groups in total. The quantitative estimate of drug-likeness (QED) is 0.877. The minimum Gasteiger partial charge on any atom is -0.377 e. The average molecular weight is 326 g/mol. The molecular formula is C15H22N2O4S. The summed E-state index contributed by atoms with van der Waals surface area (Å²) in [6, 6.07) is 8.82. The number of rotatable bonds is 5. The molecule has 0 bridgehead atoms. The van der Waals surface area contributed by atoms with Crippen molar-refractivity contribution >= 4 is 15.9 Å². The van der Waals surface area contributed by atoms with Gasteiger partial charge < -0.3 is 15.0 Å². The first-order valence-corrected chi connectivity index (χ1v) is 9.16. The smallest absolute Gasteiger partial charge is 0.317 e. The first kappa shape index (κ1) is 16.8. The molecule has 1 atom stereocenters. The van der Waals surface area contributed by atoms with Gasteiger partial charge in [0.15, 0.2) is 9.84 Å². The van der Waals surface area contributed by atoms with Crippen LogP contribution in [0.3, 0.4) is 0 Å². The van der Waals surface area contributed by atoms with Crippen LogP contribution in [0.2, 0.25) is 0 Å². The van der Waals surface area contributed by atoms with Gasteiger partial charge in [0, 0.05) is 13.1 Å². The van der Waals surface area contributed by atoms with Gasteiger partial charge in [0.1, 0.15) is 0 Å². The highest BCUT2D eigenvalue weighted by molar-refractivity contribution is 7.90. The molecule has 122 valence electrons. The lowest BCUT2D eigenvalue weighted by Crippen LogP contribution is -2.51. The molecule has 0 aromatic heterocycles. The van der Waals surface area contributed by atoms with Crippen LogP contribution >= 0.6 is 0 Å². The topological polar surface area (TPSA) is 75.7 Å². The first-order valence-electron chi connectivity index (χ1n) is 7.34. The van der Waals surface area contributed by atoms with Gasteiger partial charge in [-0.05, 0) is 12.5 Å². The van der Waals surface area contributed by atoms with E-state index >= 15 is 0 Å². The van der Waals surface area contributed by atoms with Crippen molar-refractivity contribution in [2.24, 2.45) is 0 Å². The molecule has 22 heavy (non-hydrogen) atoms. The van der Waals surface area contributed by atoms with E-state index in [1.54, 1.807) is 17.0 Å². The largest absolute Gasteiger partial charge is 0.377 e. The highest BCUT2D eigenvalue weighted by Crippen LogP contribution is 2.07. The minimum atomic E-state index is -3.23. The van der Waals surface area contributed by atoms with Crippen molar-refractivity contribution in [3.63, 3.8) is 0 Å². The second-order valence-corrected chi connectivity index (χ2v) is 7.61. The summed E-state index contributed by atoms with van der Waals surface area (Å²) in [7, 11) is -3.23. The molecule has 0 radical (unpaired) electrons. The summed E-state index contributed by atoms with van der Waals surface area (Å²) < 4.78 is 29.3. The van der Waals surface area contributed by atoms with Crippen LogP contribution in [0, 0.1) is 0 Å². The Labute approximate surface area is 131 Å². The molecule has 2 rings (SSSR count). The molecule has 7 heteroatoms. The van der Waals surface area contributed by atoms with E-state index in [0.717, 1.165) is 5.56 Å². The first-order chi connectivity index (χ1) is 10.5. The lowest BCUT2D eigenvalue weighted by molar-refractivity contribution is 0.0192. The third-order valence-electron chi connectivity index (χ3n) is 3.55. The van der Waals surface area contributed by atoms with Crippen LogP contribution in [0.4, 0.5) is 4.79 Å². The zero-order valence-corrected chi connectivity index (χ0v) is 13.5. The second-order valence-electron chi connectivity index (χ2n) is 5.43. The summed E-state index contributed by atoms with van der Waals surface area (Å²) in [5.74, 6) is -0.0655. The van der Waals surface area contributed by atoms with Crippen molar-refractivity contribution in [3.8, 4) is 0 Å². The summed E-state index contributed by atoms with van der Waals surface area (Å²) in [6.07, 6.45) is 0. The number of ether oxygens (including phenoxy) is 1. The van der Waals surface area contributed by atoms with Crippen molar-refractivity contribution in [1.29, 1.82) is 0 Å². The van der Waals surface area contributed by atoms with Crippen molar-refractivity contribution in [2.75, 3.05) is 32.1 Å². The van der Waals surface area contributed by atoms with Gasteiger partial charge in [-0.3, -0.25) is 0 Å². The lowest BCUT2D eigenvalue weighted by Gasteiger charge is -2.33. The number of sulfone groups is 1. The second kappa shape index (κ2) is 7.60. The molecule has 1 saturated heterocycles. The number of carbonyl (C=O) groups excluding carboxylic acids is 1. The van der Waals surface area contributed by atoms with Gasteiger partial charge in [0.05, 0.1) is 30.8 Å². The Balaban J connectivity index is 1.78. The summed E-state index contributed by atoms with van der Waals surface area (Å²) in [5.41, 5.74) is 0.760. The van der Waals surface area contributed by atoms with Crippen LogP contribution in [-0.4, -0.2) is 57.4 Å². The van der Waals surface area contributed by atoms with E-state index in [1.165, 1.54) is 0 Å². The number of hydrogen-bond donors (Lipinski definition) is 1. The van der Waals surface area contributed by atoms with Crippen molar-refractivity contribution in [2.45, 2.75) is 18.7 Å². The summed E-state index contributed by atoms with van der Waals surface area (Å²) in [4.78, 5) is 13.7. The Bertz CT molecular complexity index is 589. The standard InChI is InChI=1S/C15H22N2O4S/c1-13-11-21-9-8-17(13)15(18)16-7-10-22(19,20)12-14-5-3-2-4-6-14/h2-6,13H,7-12H2,1H3,(H,16,18). The normalized spacial score (nSPS) is 19.0. The molecule has 1 fully saturated rings. The highest BCUT2D eigenvalue weighted by atomic mass is 32.2. The Morgan fingerprint density at radius 2 is 2.09 bits per heavy atom. The van der Waals surface area contributed by atoms with E-state index in [0.29, 0.717) is 19.8 Å². The molecule has 1 aliphatic heterocycles. The fraction of sp³-hybridized carbons (Fsp3) is 0.533. The third kappa shape index (κ3) is 4.99. The zero-order chi connectivity index (χ0) is 16.0. The minimum absolute atomic E-state index is 0.00231. The number of carbonyl (C=O) groups is 1. The maximum atomic E-state index is 12.0. The molecule has 0 saturated carbocycles. The number of urea groups is 1. The number of nitrogens with zero attached hydrogens (tertiary/aromatic N) is 1. The highest BCUT2D eigenvalue weighted by Gasteiger charge is 2.23. The summed E-state index contributed by atoms with van der Waals surface area (Å²) >= 11 is 0. The maximum Gasteiger partial charge on any atom is 0.317 e. The Hall–Kier alpha value is -1.60. The summed E-state index contributed by atoms with van der Waals surface area (Å²) in [6.45, 7) is 3.59. The number of morpholine rings is 1. The van der Waals surface area contributed by atoms with Crippen molar-refractivity contribution in [1.82, 2.24) is 10.2 Å². The molecule has 1 aromatic carbocycles. The van der Waals surface area contributed by atoms with E-state index in [9.17, 15) is 13.2 Å². The Morgan fingerprint density at radius 1 is 1.36 bits per heavy atom. The zero-order valence-electron chi connectivity index (χ0n) is 12.7. The van der Waals surface area contributed by atoms with Crippen molar-refractivity contribution in [3.05, 3.63) is 35.9 Å². The number of hydrogen-bond acceptors (Lipinski definition) is 4. The predicted octanol–water partition coefficient (Wildman–Crippen LogP) is 1.03. The van der Waals surface area contributed by atoms with Crippen LogP contribution in [0.15, 0.2) is 30.3 Å². The third-order valence-corrected chi connectivity index (χ3v) is 5.15. The molecular weight excluding hydrogens is 304 g/mol. The van der Waals surface area contributed by atoms with E-state index < -0.39 is 9.84 Å². The molecule has 1 unspecified atom stereocenters. The average Bonchev–Trinajstić information content (AvgIpc) is 2.48. The van der Waals surface area contributed by atoms with Gasteiger partial charge in [0.25, 0.3) is 0 Å². The van der Waals surface area contributed by atoms with Gasteiger partial charge in [-0.2, -0.15) is 0 Å². The lowest BCUT2D eigenvalue weighted by atomic mass is 10.2. The van der Waals surface area contributed by atoms with E-state index in [2.05, 4.69) is 5.32 Å². The van der Waals surface area contributed by atoms with Crippen LogP contribution in [0.25, 0.3) is 0 Å². The molecule has 1 aromatic rings. The molecule has 1 aliphatic rings. The van der Waals surface area contributed by atoms with Gasteiger partial charge in [-0.1, -0.05) is 30.3 Å². The maximum absolute atomic E-state index is 12.0. The molecule has 2 amide bonds. The monoisotopic (exact) mass is 326 g/mol. The van der Waals surface area contributed by atoms with Gasteiger partial charge in [0.2, 0.25) is 0 Å². The van der Waals surface area contributed by atoms with Crippen LogP contribution in [0.1, 0.15) is 12.5 Å². The molecule has 6 nitrogen and oxygen atoms in total. The Morgan fingerprint density at radius 3 is 2.77 bits per heavy atom. The van der Waals surface area contributed by atoms with Gasteiger partial charge in [-0.15, -0.1) is 0 Å².